The molecule has 0 amide bonds. The number of hydrogen-bond acceptors (Lipinski definition) is 3. The van der Waals surface area contributed by atoms with Gasteiger partial charge in [-0.15, -0.1) is 11.3 Å². The van der Waals surface area contributed by atoms with Gasteiger partial charge in [-0.25, -0.2) is 4.39 Å². The standard InChI is InChI=1S/C17H21FN2S/c1-12(19)17(15-6-2-3-7-16(15)18)20(13-8-9-13)11-14-5-4-10-21-14/h2-7,10,12-13,17H,8-9,11,19H2,1H3. The summed E-state index contributed by atoms with van der Waals surface area (Å²) in [5.74, 6) is -0.156. The van der Waals surface area contributed by atoms with Crippen LogP contribution in [0.15, 0.2) is 41.8 Å². The Labute approximate surface area is 129 Å². The lowest BCUT2D eigenvalue weighted by Crippen LogP contribution is -2.40. The topological polar surface area (TPSA) is 29.3 Å². The van der Waals surface area contributed by atoms with E-state index in [9.17, 15) is 4.39 Å². The van der Waals surface area contributed by atoms with Gasteiger partial charge in [-0.2, -0.15) is 0 Å². The molecule has 1 fully saturated rings. The van der Waals surface area contributed by atoms with E-state index in [0.717, 1.165) is 12.1 Å². The van der Waals surface area contributed by atoms with Crippen LogP contribution in [0.1, 0.15) is 36.2 Å². The molecule has 3 rings (SSSR count). The minimum absolute atomic E-state index is 0.0687. The Bertz CT molecular complexity index is 578. The highest BCUT2D eigenvalue weighted by molar-refractivity contribution is 7.09. The van der Waals surface area contributed by atoms with Crippen molar-refractivity contribution in [3.8, 4) is 0 Å². The molecule has 0 radical (unpaired) electrons. The highest BCUT2D eigenvalue weighted by Crippen LogP contribution is 2.38. The second kappa shape index (κ2) is 6.26. The van der Waals surface area contributed by atoms with Crippen LogP contribution >= 0.6 is 11.3 Å². The maximum atomic E-state index is 14.2. The first-order chi connectivity index (χ1) is 10.2. The molecule has 1 saturated carbocycles. The zero-order valence-corrected chi connectivity index (χ0v) is 13.0. The fraction of sp³-hybridized carbons (Fsp3) is 0.412. The van der Waals surface area contributed by atoms with E-state index < -0.39 is 0 Å². The van der Waals surface area contributed by atoms with Crippen LogP contribution in [-0.4, -0.2) is 17.0 Å². The monoisotopic (exact) mass is 304 g/mol. The first-order valence-electron chi connectivity index (χ1n) is 7.45. The average molecular weight is 304 g/mol. The van der Waals surface area contributed by atoms with Crippen molar-refractivity contribution in [1.29, 1.82) is 0 Å². The average Bonchev–Trinajstić information content (AvgIpc) is 3.17. The second-order valence-electron chi connectivity index (χ2n) is 5.81. The van der Waals surface area contributed by atoms with Crippen molar-refractivity contribution in [3.05, 3.63) is 58.0 Å². The van der Waals surface area contributed by atoms with Crippen molar-refractivity contribution >= 4 is 11.3 Å². The van der Waals surface area contributed by atoms with Gasteiger partial charge >= 0.3 is 0 Å². The molecule has 2 nitrogen and oxygen atoms in total. The predicted octanol–water partition coefficient (Wildman–Crippen LogP) is 3.94. The molecule has 1 aliphatic carbocycles. The Morgan fingerprint density at radius 1 is 1.29 bits per heavy atom. The van der Waals surface area contributed by atoms with Crippen LogP contribution in [0.2, 0.25) is 0 Å². The normalized spacial score (nSPS) is 17.9. The number of nitrogens with zero attached hydrogens (tertiary/aromatic N) is 1. The summed E-state index contributed by atoms with van der Waals surface area (Å²) in [6.07, 6.45) is 2.37. The van der Waals surface area contributed by atoms with Crippen LogP contribution in [0.5, 0.6) is 0 Å². The summed E-state index contributed by atoms with van der Waals surface area (Å²) in [7, 11) is 0. The molecule has 1 heterocycles. The van der Waals surface area contributed by atoms with Crippen molar-refractivity contribution in [2.24, 2.45) is 5.73 Å². The number of thiophene rings is 1. The summed E-state index contributed by atoms with van der Waals surface area (Å²) >= 11 is 1.75. The lowest BCUT2D eigenvalue weighted by molar-refractivity contribution is 0.155. The van der Waals surface area contributed by atoms with Gasteiger partial charge in [0.2, 0.25) is 0 Å². The number of hydrogen-bond donors (Lipinski definition) is 1. The van der Waals surface area contributed by atoms with Gasteiger partial charge in [0.1, 0.15) is 5.82 Å². The van der Waals surface area contributed by atoms with Gasteiger partial charge in [-0.3, -0.25) is 4.90 Å². The summed E-state index contributed by atoms with van der Waals surface area (Å²) in [6, 6.07) is 11.6. The second-order valence-corrected chi connectivity index (χ2v) is 6.84. The summed E-state index contributed by atoms with van der Waals surface area (Å²) in [4.78, 5) is 3.69. The number of rotatable bonds is 6. The molecule has 1 aromatic heterocycles. The molecule has 0 saturated heterocycles. The van der Waals surface area contributed by atoms with Gasteiger partial charge in [-0.1, -0.05) is 24.3 Å². The van der Waals surface area contributed by atoms with Crippen LogP contribution in [0.4, 0.5) is 4.39 Å². The first-order valence-corrected chi connectivity index (χ1v) is 8.33. The molecular formula is C17H21FN2S. The molecule has 112 valence electrons. The number of benzene rings is 1. The van der Waals surface area contributed by atoms with E-state index in [4.69, 9.17) is 5.73 Å². The molecule has 0 bridgehead atoms. The van der Waals surface area contributed by atoms with Crippen molar-refractivity contribution in [3.63, 3.8) is 0 Å². The molecule has 2 N–H and O–H groups in total. The van der Waals surface area contributed by atoms with E-state index in [1.54, 1.807) is 17.4 Å². The molecule has 1 aliphatic rings. The molecule has 0 spiro atoms. The van der Waals surface area contributed by atoms with Crippen LogP contribution in [0.25, 0.3) is 0 Å². The SMILES string of the molecule is CC(N)C(c1ccccc1F)N(Cc1cccs1)C1CC1. The lowest BCUT2D eigenvalue weighted by Gasteiger charge is -2.34. The first kappa shape index (κ1) is 14.7. The van der Waals surface area contributed by atoms with Crippen molar-refractivity contribution in [2.75, 3.05) is 0 Å². The fourth-order valence-corrected chi connectivity index (χ4v) is 3.63. The highest BCUT2D eigenvalue weighted by atomic mass is 32.1. The Balaban J connectivity index is 1.92. The Hall–Kier alpha value is -1.23. The molecular weight excluding hydrogens is 283 g/mol. The minimum atomic E-state index is -0.156. The van der Waals surface area contributed by atoms with E-state index in [1.165, 1.54) is 23.8 Å². The zero-order chi connectivity index (χ0) is 14.8. The third-order valence-corrected chi connectivity index (χ3v) is 4.87. The van der Waals surface area contributed by atoms with E-state index in [-0.39, 0.29) is 17.9 Å². The molecule has 1 aromatic carbocycles. The zero-order valence-electron chi connectivity index (χ0n) is 12.2. The fourth-order valence-electron chi connectivity index (χ4n) is 2.92. The maximum absolute atomic E-state index is 14.2. The van der Waals surface area contributed by atoms with Gasteiger partial charge in [-0.05, 0) is 37.3 Å². The van der Waals surface area contributed by atoms with E-state index >= 15 is 0 Å². The third-order valence-electron chi connectivity index (χ3n) is 4.01. The van der Waals surface area contributed by atoms with E-state index in [2.05, 4.69) is 22.4 Å². The molecule has 0 aliphatic heterocycles. The summed E-state index contributed by atoms with van der Waals surface area (Å²) < 4.78 is 14.2. The van der Waals surface area contributed by atoms with Crippen molar-refractivity contribution in [2.45, 2.75) is 44.4 Å². The predicted molar refractivity (Wildman–Crippen MR) is 85.7 cm³/mol. The molecule has 21 heavy (non-hydrogen) atoms. The minimum Gasteiger partial charge on any atom is -0.326 e. The van der Waals surface area contributed by atoms with Gasteiger partial charge in [0.15, 0.2) is 0 Å². The molecule has 2 atom stereocenters. The smallest absolute Gasteiger partial charge is 0.128 e. The van der Waals surface area contributed by atoms with Crippen LogP contribution in [-0.2, 0) is 6.54 Å². The van der Waals surface area contributed by atoms with Crippen LogP contribution in [0, 0.1) is 5.82 Å². The number of nitrogens with two attached hydrogens (primary N) is 1. The summed E-state index contributed by atoms with van der Waals surface area (Å²) in [6.45, 7) is 2.82. The third kappa shape index (κ3) is 3.34. The molecule has 2 aromatic rings. The Morgan fingerprint density at radius 3 is 2.62 bits per heavy atom. The summed E-state index contributed by atoms with van der Waals surface area (Å²) in [5, 5.41) is 2.09. The quantitative estimate of drug-likeness (QED) is 0.876. The van der Waals surface area contributed by atoms with Gasteiger partial charge in [0.25, 0.3) is 0 Å². The highest BCUT2D eigenvalue weighted by Gasteiger charge is 2.37. The molecule has 4 heteroatoms. The Morgan fingerprint density at radius 2 is 2.05 bits per heavy atom. The number of halogens is 1. The van der Waals surface area contributed by atoms with Gasteiger partial charge in [0, 0.05) is 29.1 Å². The maximum Gasteiger partial charge on any atom is 0.128 e. The van der Waals surface area contributed by atoms with Crippen molar-refractivity contribution in [1.82, 2.24) is 4.90 Å². The van der Waals surface area contributed by atoms with E-state index in [1.807, 2.05) is 19.1 Å². The van der Waals surface area contributed by atoms with Gasteiger partial charge < -0.3 is 5.73 Å². The van der Waals surface area contributed by atoms with Gasteiger partial charge in [0.05, 0.1) is 6.04 Å². The van der Waals surface area contributed by atoms with E-state index in [0.29, 0.717) is 6.04 Å². The molecule has 2 unspecified atom stereocenters. The lowest BCUT2D eigenvalue weighted by atomic mass is 9.98. The van der Waals surface area contributed by atoms with Crippen molar-refractivity contribution < 1.29 is 4.39 Å². The largest absolute Gasteiger partial charge is 0.326 e. The van der Waals surface area contributed by atoms with Crippen LogP contribution < -0.4 is 5.73 Å². The Kier molecular flexibility index (Phi) is 4.38. The van der Waals surface area contributed by atoms with Crippen LogP contribution in [0.3, 0.4) is 0 Å². The summed E-state index contributed by atoms with van der Waals surface area (Å²) in [5.41, 5.74) is 6.95.